The molecule has 0 bridgehead atoms. The largest absolute Gasteiger partial charge is 0.507 e. The van der Waals surface area contributed by atoms with E-state index in [0.29, 0.717) is 18.8 Å². The summed E-state index contributed by atoms with van der Waals surface area (Å²) in [6, 6.07) is 7.85. The number of aromatic nitrogens is 2. The highest BCUT2D eigenvalue weighted by Gasteiger charge is 2.27. The summed E-state index contributed by atoms with van der Waals surface area (Å²) in [6.45, 7) is 4.85. The van der Waals surface area contributed by atoms with Crippen molar-refractivity contribution < 1.29 is 14.3 Å². The molecule has 1 atom stereocenters. The lowest BCUT2D eigenvalue weighted by molar-refractivity contribution is -0.125. The molecule has 0 spiro atoms. The number of likely N-dealkylation sites (tertiary alicyclic amines) is 1. The zero-order valence-electron chi connectivity index (χ0n) is 14.6. The lowest BCUT2D eigenvalue weighted by atomic mass is 10.0. The number of nitrogens with zero attached hydrogens (tertiary/aromatic N) is 3. The number of benzene rings is 1. The molecule has 1 aliphatic heterocycles. The van der Waals surface area contributed by atoms with Crippen LogP contribution < -0.4 is 0 Å². The molecular weight excluding hydrogens is 345 g/mol. The van der Waals surface area contributed by atoms with Crippen molar-refractivity contribution in [2.75, 3.05) is 13.1 Å². The molecule has 27 heavy (non-hydrogen) atoms. The Labute approximate surface area is 155 Å². The van der Waals surface area contributed by atoms with Gasteiger partial charge in [0.25, 0.3) is 0 Å². The van der Waals surface area contributed by atoms with Gasteiger partial charge >= 0.3 is 0 Å². The molecule has 4 rings (SSSR count). The fourth-order valence-electron chi connectivity index (χ4n) is 3.51. The summed E-state index contributed by atoms with van der Waals surface area (Å²) in [7, 11) is 0. The molecule has 2 aromatic heterocycles. The van der Waals surface area contributed by atoms with Crippen LogP contribution in [0.4, 0.5) is 4.39 Å². The first-order valence-corrected chi connectivity index (χ1v) is 8.71. The van der Waals surface area contributed by atoms with Crippen molar-refractivity contribution >= 4 is 16.7 Å². The Morgan fingerprint density at radius 3 is 2.81 bits per heavy atom. The van der Waals surface area contributed by atoms with Gasteiger partial charge in [0.1, 0.15) is 11.6 Å². The minimum absolute atomic E-state index is 0.0608. The molecule has 0 saturated carbocycles. The Morgan fingerprint density at radius 2 is 2.04 bits per heavy atom. The van der Waals surface area contributed by atoms with Crippen molar-refractivity contribution in [3.8, 4) is 17.0 Å². The topological polar surface area (TPSA) is 66.3 Å². The number of pyridine rings is 2. The minimum atomic E-state index is -0.524. The summed E-state index contributed by atoms with van der Waals surface area (Å²) in [5, 5.41) is 11.7. The fourth-order valence-corrected chi connectivity index (χ4v) is 3.51. The number of fused-ring (bicyclic) bond motifs is 1. The number of hydrogen-bond donors (Lipinski definition) is 1. The van der Waals surface area contributed by atoms with E-state index in [-0.39, 0.29) is 23.1 Å². The molecule has 1 saturated heterocycles. The standard InChI is InChI=1S/C21H18FN3O2/c1-2-20(27)25-7-6-13(12-25)17-8-14-11-24-18(9-15(14)10-23-17)21-16(22)4-3-5-19(21)26/h2-5,8-11,13,26H,1,6-7,12H2. The Hall–Kier alpha value is -3.28. The molecule has 5 nitrogen and oxygen atoms in total. The van der Waals surface area contributed by atoms with E-state index in [9.17, 15) is 14.3 Å². The number of hydrogen-bond acceptors (Lipinski definition) is 4. The second-order valence-corrected chi connectivity index (χ2v) is 6.63. The minimum Gasteiger partial charge on any atom is -0.507 e. The molecule has 1 fully saturated rings. The normalized spacial score (nSPS) is 16.6. The molecule has 0 aliphatic carbocycles. The molecule has 0 radical (unpaired) electrons. The molecule has 3 aromatic rings. The predicted octanol–water partition coefficient (Wildman–Crippen LogP) is 3.64. The molecule has 1 amide bonds. The summed E-state index contributed by atoms with van der Waals surface area (Å²) in [4.78, 5) is 22.4. The molecule has 136 valence electrons. The Morgan fingerprint density at radius 1 is 1.26 bits per heavy atom. The smallest absolute Gasteiger partial charge is 0.245 e. The molecule has 1 N–H and O–H groups in total. The van der Waals surface area contributed by atoms with Crippen molar-refractivity contribution in [3.63, 3.8) is 0 Å². The number of halogens is 1. The number of carbonyl (C=O) groups is 1. The quantitative estimate of drug-likeness (QED) is 0.722. The number of phenols is 1. The third-order valence-corrected chi connectivity index (χ3v) is 4.96. The van der Waals surface area contributed by atoms with Crippen molar-refractivity contribution in [2.45, 2.75) is 12.3 Å². The van der Waals surface area contributed by atoms with Crippen LogP contribution in [0.1, 0.15) is 18.0 Å². The molecule has 1 unspecified atom stereocenters. The number of amides is 1. The molecule has 6 heteroatoms. The number of phenolic OH excluding ortho intramolecular Hbond substituents is 1. The van der Waals surface area contributed by atoms with Gasteiger partial charge in [0, 0.05) is 47.9 Å². The first-order valence-electron chi connectivity index (χ1n) is 8.71. The van der Waals surface area contributed by atoms with Gasteiger partial charge in [0.05, 0.1) is 11.3 Å². The van der Waals surface area contributed by atoms with Crippen molar-refractivity contribution in [3.05, 3.63) is 66.9 Å². The van der Waals surface area contributed by atoms with Crippen molar-refractivity contribution in [1.29, 1.82) is 0 Å². The van der Waals surface area contributed by atoms with Gasteiger partial charge in [0.2, 0.25) is 5.91 Å². The van der Waals surface area contributed by atoms with Crippen LogP contribution in [0.5, 0.6) is 5.75 Å². The molecule has 1 aliphatic rings. The van der Waals surface area contributed by atoms with Gasteiger partial charge < -0.3 is 10.0 Å². The third-order valence-electron chi connectivity index (χ3n) is 4.96. The molecule has 1 aromatic carbocycles. The maximum Gasteiger partial charge on any atom is 0.245 e. The van der Waals surface area contributed by atoms with Crippen LogP contribution in [0.2, 0.25) is 0 Å². The average Bonchev–Trinajstić information content (AvgIpc) is 3.17. The third kappa shape index (κ3) is 3.14. The lowest BCUT2D eigenvalue weighted by Crippen LogP contribution is -2.26. The Bertz CT molecular complexity index is 1030. The van der Waals surface area contributed by atoms with Crippen LogP contribution >= 0.6 is 0 Å². The SMILES string of the molecule is C=CC(=O)N1CCC(c2cc3cnc(-c4c(O)cccc4F)cc3cn2)C1. The summed E-state index contributed by atoms with van der Waals surface area (Å²) in [5.41, 5.74) is 1.35. The van der Waals surface area contributed by atoms with Gasteiger partial charge in [-0.15, -0.1) is 0 Å². The lowest BCUT2D eigenvalue weighted by Gasteiger charge is -2.14. The first kappa shape index (κ1) is 17.1. The van der Waals surface area contributed by atoms with Crippen LogP contribution in [-0.2, 0) is 4.79 Å². The fraction of sp³-hybridized carbons (Fsp3) is 0.190. The van der Waals surface area contributed by atoms with Crippen molar-refractivity contribution in [2.24, 2.45) is 0 Å². The van der Waals surface area contributed by atoms with Gasteiger partial charge in [-0.05, 0) is 36.8 Å². The van der Waals surface area contributed by atoms with Gasteiger partial charge in [0.15, 0.2) is 0 Å². The maximum atomic E-state index is 14.1. The zero-order valence-corrected chi connectivity index (χ0v) is 14.6. The van der Waals surface area contributed by atoms with E-state index >= 15 is 0 Å². The van der Waals surface area contributed by atoms with Crippen LogP contribution in [0.25, 0.3) is 22.0 Å². The van der Waals surface area contributed by atoms with Gasteiger partial charge in [-0.25, -0.2) is 4.39 Å². The maximum absolute atomic E-state index is 14.1. The highest BCUT2D eigenvalue weighted by Crippen LogP contribution is 2.33. The highest BCUT2D eigenvalue weighted by molar-refractivity contribution is 5.87. The van der Waals surface area contributed by atoms with E-state index in [1.165, 1.54) is 24.3 Å². The monoisotopic (exact) mass is 363 g/mol. The summed E-state index contributed by atoms with van der Waals surface area (Å²) in [6.07, 6.45) is 5.57. The summed E-state index contributed by atoms with van der Waals surface area (Å²) < 4.78 is 14.1. The van der Waals surface area contributed by atoms with E-state index in [0.717, 1.165) is 22.9 Å². The van der Waals surface area contributed by atoms with E-state index in [2.05, 4.69) is 16.5 Å². The predicted molar refractivity (Wildman–Crippen MR) is 101 cm³/mol. The van der Waals surface area contributed by atoms with E-state index in [4.69, 9.17) is 0 Å². The molecular formula is C21H18FN3O2. The van der Waals surface area contributed by atoms with Crippen LogP contribution in [-0.4, -0.2) is 39.0 Å². The second-order valence-electron chi connectivity index (χ2n) is 6.63. The van der Waals surface area contributed by atoms with Crippen LogP contribution in [0.15, 0.2) is 55.4 Å². The zero-order chi connectivity index (χ0) is 19.0. The van der Waals surface area contributed by atoms with Crippen molar-refractivity contribution in [1.82, 2.24) is 14.9 Å². The summed E-state index contributed by atoms with van der Waals surface area (Å²) in [5.74, 6) is -0.559. The van der Waals surface area contributed by atoms with E-state index in [1.807, 2.05) is 6.07 Å². The van der Waals surface area contributed by atoms with Gasteiger partial charge in [-0.2, -0.15) is 0 Å². The van der Waals surface area contributed by atoms with Gasteiger partial charge in [-0.3, -0.25) is 14.8 Å². The number of aromatic hydroxyl groups is 1. The van der Waals surface area contributed by atoms with Crippen LogP contribution in [0.3, 0.4) is 0 Å². The summed E-state index contributed by atoms with van der Waals surface area (Å²) >= 11 is 0. The second kappa shape index (κ2) is 6.79. The molecule has 3 heterocycles. The van der Waals surface area contributed by atoms with E-state index in [1.54, 1.807) is 23.4 Å². The number of carbonyl (C=O) groups excluding carboxylic acids is 1. The average molecular weight is 363 g/mol. The van der Waals surface area contributed by atoms with E-state index < -0.39 is 5.82 Å². The Kier molecular flexibility index (Phi) is 4.32. The Balaban J connectivity index is 1.65. The van der Waals surface area contributed by atoms with Gasteiger partial charge in [-0.1, -0.05) is 12.6 Å². The first-order chi connectivity index (χ1) is 13.1. The van der Waals surface area contributed by atoms with Crippen LogP contribution in [0, 0.1) is 5.82 Å². The highest BCUT2D eigenvalue weighted by atomic mass is 19.1. The number of rotatable bonds is 3.